The quantitative estimate of drug-likeness (QED) is 0.692. The highest BCUT2D eigenvalue weighted by Crippen LogP contribution is 2.23. The molecule has 1 unspecified atom stereocenters. The van der Waals surface area contributed by atoms with Gasteiger partial charge in [0.25, 0.3) is 0 Å². The molecule has 60 valence electrons. The van der Waals surface area contributed by atoms with Crippen molar-refractivity contribution in [3.63, 3.8) is 0 Å². The van der Waals surface area contributed by atoms with Crippen LogP contribution in [0.1, 0.15) is 6.92 Å². The van der Waals surface area contributed by atoms with Gasteiger partial charge in [0.1, 0.15) is 12.0 Å². The number of para-hydroxylation sites is 1. The number of ether oxygens (including phenoxy) is 1. The molecule has 0 fully saturated rings. The lowest BCUT2D eigenvalue weighted by Crippen LogP contribution is -2.22. The third kappa shape index (κ3) is 2.41. The summed E-state index contributed by atoms with van der Waals surface area (Å²) in [5, 5.41) is 0.588. The van der Waals surface area contributed by atoms with E-state index in [0.717, 1.165) is 0 Å². The highest BCUT2D eigenvalue weighted by molar-refractivity contribution is 6.32. The number of hydrogen-bond donors (Lipinski definition) is 1. The minimum atomic E-state index is -0.324. The summed E-state index contributed by atoms with van der Waals surface area (Å²) in [4.78, 5) is 0. The lowest BCUT2D eigenvalue weighted by Gasteiger charge is -2.09. The molecule has 2 nitrogen and oxygen atoms in total. The summed E-state index contributed by atoms with van der Waals surface area (Å²) in [5.74, 6) is 0.629. The van der Waals surface area contributed by atoms with Gasteiger partial charge in [-0.05, 0) is 19.1 Å². The van der Waals surface area contributed by atoms with Gasteiger partial charge >= 0.3 is 0 Å². The first-order valence-corrected chi connectivity index (χ1v) is 3.74. The normalized spacial score (nSPS) is 12.6. The molecule has 0 aromatic heterocycles. The number of halogens is 1. The highest BCUT2D eigenvalue weighted by atomic mass is 35.5. The van der Waals surface area contributed by atoms with Crippen molar-refractivity contribution in [3.8, 4) is 5.75 Å². The average Bonchev–Trinajstić information content (AvgIpc) is 1.93. The monoisotopic (exact) mass is 171 g/mol. The Kier molecular flexibility index (Phi) is 2.74. The van der Waals surface area contributed by atoms with Gasteiger partial charge in [0.05, 0.1) is 5.02 Å². The maximum absolute atomic E-state index is 5.79. The summed E-state index contributed by atoms with van der Waals surface area (Å²) in [5.41, 5.74) is 5.41. The van der Waals surface area contributed by atoms with E-state index < -0.39 is 0 Å². The number of hydrogen-bond acceptors (Lipinski definition) is 2. The molecule has 0 spiro atoms. The SMILES string of the molecule is CC(N)Oc1ccccc1Cl. The van der Waals surface area contributed by atoms with E-state index >= 15 is 0 Å². The van der Waals surface area contributed by atoms with Crippen LogP contribution in [-0.4, -0.2) is 6.23 Å². The fourth-order valence-corrected chi connectivity index (χ4v) is 0.921. The van der Waals surface area contributed by atoms with E-state index in [2.05, 4.69) is 0 Å². The predicted molar refractivity (Wildman–Crippen MR) is 45.7 cm³/mol. The van der Waals surface area contributed by atoms with Crippen LogP contribution < -0.4 is 10.5 Å². The van der Waals surface area contributed by atoms with Gasteiger partial charge in [-0.2, -0.15) is 0 Å². The second-order valence-electron chi connectivity index (χ2n) is 2.25. The Labute approximate surface area is 70.9 Å². The molecule has 2 N–H and O–H groups in total. The number of rotatable bonds is 2. The Hall–Kier alpha value is -0.730. The van der Waals surface area contributed by atoms with Crippen LogP contribution in [0, 0.1) is 0 Å². The smallest absolute Gasteiger partial charge is 0.144 e. The third-order valence-corrected chi connectivity index (χ3v) is 1.46. The zero-order valence-electron chi connectivity index (χ0n) is 6.25. The molecule has 1 aromatic carbocycles. The van der Waals surface area contributed by atoms with Gasteiger partial charge in [0, 0.05) is 0 Å². The Morgan fingerprint density at radius 2 is 2.09 bits per heavy atom. The molecular formula is C8H10ClNO. The van der Waals surface area contributed by atoms with Gasteiger partial charge < -0.3 is 4.74 Å². The van der Waals surface area contributed by atoms with Gasteiger partial charge in [-0.25, -0.2) is 0 Å². The van der Waals surface area contributed by atoms with E-state index in [-0.39, 0.29) is 6.23 Å². The van der Waals surface area contributed by atoms with Gasteiger partial charge in [0.2, 0.25) is 0 Å². The van der Waals surface area contributed by atoms with Crippen LogP contribution in [0.15, 0.2) is 24.3 Å². The third-order valence-electron chi connectivity index (χ3n) is 1.15. The Balaban J connectivity index is 2.78. The maximum Gasteiger partial charge on any atom is 0.144 e. The summed E-state index contributed by atoms with van der Waals surface area (Å²) in [6.07, 6.45) is -0.324. The first-order valence-electron chi connectivity index (χ1n) is 3.37. The Bertz CT molecular complexity index is 237. The van der Waals surface area contributed by atoms with Crippen LogP contribution in [0.2, 0.25) is 5.02 Å². The van der Waals surface area contributed by atoms with E-state index in [1.165, 1.54) is 0 Å². The minimum Gasteiger partial charge on any atom is -0.474 e. The van der Waals surface area contributed by atoms with Crippen molar-refractivity contribution in [2.75, 3.05) is 0 Å². The number of nitrogens with two attached hydrogens (primary N) is 1. The van der Waals surface area contributed by atoms with E-state index in [4.69, 9.17) is 22.1 Å². The molecule has 0 radical (unpaired) electrons. The maximum atomic E-state index is 5.79. The van der Waals surface area contributed by atoms with E-state index in [9.17, 15) is 0 Å². The highest BCUT2D eigenvalue weighted by Gasteiger charge is 2.00. The molecule has 1 rings (SSSR count). The molecule has 1 aromatic rings. The first-order chi connectivity index (χ1) is 5.20. The summed E-state index contributed by atoms with van der Waals surface area (Å²) in [7, 11) is 0. The molecular weight excluding hydrogens is 162 g/mol. The zero-order valence-corrected chi connectivity index (χ0v) is 7.01. The van der Waals surface area contributed by atoms with Crippen LogP contribution in [0.5, 0.6) is 5.75 Å². The lowest BCUT2D eigenvalue weighted by molar-refractivity contribution is 0.230. The molecule has 3 heteroatoms. The van der Waals surface area contributed by atoms with Crippen molar-refractivity contribution in [1.29, 1.82) is 0 Å². The van der Waals surface area contributed by atoms with Crippen LogP contribution in [0.4, 0.5) is 0 Å². The van der Waals surface area contributed by atoms with E-state index in [0.29, 0.717) is 10.8 Å². The van der Waals surface area contributed by atoms with Crippen LogP contribution in [-0.2, 0) is 0 Å². The standard InChI is InChI=1S/C8H10ClNO/c1-6(10)11-8-5-3-2-4-7(8)9/h2-6H,10H2,1H3. The first kappa shape index (κ1) is 8.37. The van der Waals surface area contributed by atoms with Crippen molar-refractivity contribution < 1.29 is 4.74 Å². The van der Waals surface area contributed by atoms with Gasteiger partial charge in [-0.3, -0.25) is 5.73 Å². The van der Waals surface area contributed by atoms with Crippen molar-refractivity contribution in [3.05, 3.63) is 29.3 Å². The van der Waals surface area contributed by atoms with E-state index in [1.54, 1.807) is 19.1 Å². The molecule has 0 saturated heterocycles. The largest absolute Gasteiger partial charge is 0.474 e. The number of benzene rings is 1. The molecule has 0 bridgehead atoms. The summed E-state index contributed by atoms with van der Waals surface area (Å²) in [6.45, 7) is 1.75. The fourth-order valence-electron chi connectivity index (χ4n) is 0.741. The molecule has 0 aliphatic heterocycles. The fraction of sp³-hybridized carbons (Fsp3) is 0.250. The zero-order chi connectivity index (χ0) is 8.27. The summed E-state index contributed by atoms with van der Waals surface area (Å²) in [6, 6.07) is 7.24. The molecule has 11 heavy (non-hydrogen) atoms. The van der Waals surface area contributed by atoms with Gasteiger partial charge in [-0.1, -0.05) is 23.7 Å². The Morgan fingerprint density at radius 3 is 2.64 bits per heavy atom. The second-order valence-corrected chi connectivity index (χ2v) is 2.66. The van der Waals surface area contributed by atoms with Crippen LogP contribution in [0.25, 0.3) is 0 Å². The second kappa shape index (κ2) is 3.60. The van der Waals surface area contributed by atoms with Crippen LogP contribution in [0.3, 0.4) is 0 Å². The molecule has 0 aliphatic rings. The molecule has 0 saturated carbocycles. The average molecular weight is 172 g/mol. The Morgan fingerprint density at radius 1 is 1.45 bits per heavy atom. The molecule has 0 heterocycles. The topological polar surface area (TPSA) is 35.2 Å². The van der Waals surface area contributed by atoms with Crippen molar-refractivity contribution in [1.82, 2.24) is 0 Å². The van der Waals surface area contributed by atoms with Gasteiger partial charge in [-0.15, -0.1) is 0 Å². The predicted octanol–water partition coefficient (Wildman–Crippen LogP) is 2.02. The van der Waals surface area contributed by atoms with Crippen LogP contribution >= 0.6 is 11.6 Å². The van der Waals surface area contributed by atoms with Crippen molar-refractivity contribution in [2.45, 2.75) is 13.2 Å². The molecule has 1 atom stereocenters. The molecule has 0 amide bonds. The summed E-state index contributed by atoms with van der Waals surface area (Å²) >= 11 is 5.79. The van der Waals surface area contributed by atoms with Gasteiger partial charge in [0.15, 0.2) is 0 Å². The molecule has 0 aliphatic carbocycles. The lowest BCUT2D eigenvalue weighted by atomic mass is 10.3. The van der Waals surface area contributed by atoms with Crippen molar-refractivity contribution >= 4 is 11.6 Å². The minimum absolute atomic E-state index is 0.324. The van der Waals surface area contributed by atoms with Crippen molar-refractivity contribution in [2.24, 2.45) is 5.73 Å². The van der Waals surface area contributed by atoms with E-state index in [1.807, 2.05) is 12.1 Å². The summed E-state index contributed by atoms with van der Waals surface area (Å²) < 4.78 is 5.19.